The Morgan fingerprint density at radius 2 is 2.26 bits per heavy atom. The Kier molecular flexibility index (Phi) is 4.90. The predicted octanol–water partition coefficient (Wildman–Crippen LogP) is 1.55. The molecule has 2 rings (SSSR count). The summed E-state index contributed by atoms with van der Waals surface area (Å²) in [4.78, 5) is 17.9. The van der Waals surface area contributed by atoms with Crippen molar-refractivity contribution in [1.82, 2.24) is 15.0 Å². The van der Waals surface area contributed by atoms with Crippen LogP contribution >= 0.6 is 0 Å². The van der Waals surface area contributed by atoms with Crippen molar-refractivity contribution >= 4 is 5.97 Å². The number of rotatable bonds is 8. The summed E-state index contributed by atoms with van der Waals surface area (Å²) in [5, 5.41) is 3.93. The molecule has 0 saturated heterocycles. The fraction of sp³-hybridized carbons (Fsp3) is 0.769. The van der Waals surface area contributed by atoms with E-state index in [0.29, 0.717) is 31.6 Å². The molecule has 1 saturated carbocycles. The normalized spacial score (nSPS) is 14.9. The van der Waals surface area contributed by atoms with Gasteiger partial charge in [0.2, 0.25) is 5.89 Å². The van der Waals surface area contributed by atoms with Gasteiger partial charge in [0.25, 0.3) is 0 Å². The number of esters is 1. The van der Waals surface area contributed by atoms with Crippen LogP contribution in [-0.2, 0) is 22.5 Å². The standard InChI is InChI=1S/C13H21N3O3/c1-3-5-11-14-12(19-15-11)8-16(10-6-7-10)9-13(17)18-4-2/h10H,3-9H2,1-2H3. The van der Waals surface area contributed by atoms with E-state index in [1.165, 1.54) is 0 Å². The summed E-state index contributed by atoms with van der Waals surface area (Å²) in [7, 11) is 0. The SMILES string of the molecule is CCCc1noc(CN(CC(=O)OCC)C2CC2)n1. The van der Waals surface area contributed by atoms with Crippen molar-refractivity contribution in [3.05, 3.63) is 11.7 Å². The maximum Gasteiger partial charge on any atom is 0.320 e. The van der Waals surface area contributed by atoms with Gasteiger partial charge in [-0.05, 0) is 26.2 Å². The number of nitrogens with zero attached hydrogens (tertiary/aromatic N) is 3. The Balaban J connectivity index is 1.90. The van der Waals surface area contributed by atoms with Crippen LogP contribution in [0.3, 0.4) is 0 Å². The molecule has 0 unspecified atom stereocenters. The number of carbonyl (C=O) groups excluding carboxylic acids is 1. The van der Waals surface area contributed by atoms with E-state index in [1.54, 1.807) is 0 Å². The van der Waals surface area contributed by atoms with Gasteiger partial charge >= 0.3 is 5.97 Å². The smallest absolute Gasteiger partial charge is 0.320 e. The average Bonchev–Trinajstić information content (AvgIpc) is 3.12. The lowest BCUT2D eigenvalue weighted by molar-refractivity contribution is -0.144. The zero-order valence-corrected chi connectivity index (χ0v) is 11.6. The van der Waals surface area contributed by atoms with E-state index >= 15 is 0 Å². The predicted molar refractivity (Wildman–Crippen MR) is 68.4 cm³/mol. The van der Waals surface area contributed by atoms with Gasteiger partial charge in [-0.25, -0.2) is 0 Å². The van der Waals surface area contributed by atoms with Crippen molar-refractivity contribution in [3.8, 4) is 0 Å². The van der Waals surface area contributed by atoms with Crippen LogP contribution in [-0.4, -0.2) is 40.2 Å². The summed E-state index contributed by atoms with van der Waals surface area (Å²) >= 11 is 0. The largest absolute Gasteiger partial charge is 0.465 e. The topological polar surface area (TPSA) is 68.5 Å². The molecule has 0 amide bonds. The number of ether oxygens (including phenoxy) is 1. The van der Waals surface area contributed by atoms with Crippen LogP contribution in [0.5, 0.6) is 0 Å². The summed E-state index contributed by atoms with van der Waals surface area (Å²) in [5.74, 6) is 1.13. The van der Waals surface area contributed by atoms with Crippen LogP contribution in [0.4, 0.5) is 0 Å². The maximum atomic E-state index is 11.6. The molecule has 1 fully saturated rings. The second-order valence-electron chi connectivity index (χ2n) is 4.80. The quantitative estimate of drug-likeness (QED) is 0.666. The first-order valence-corrected chi connectivity index (χ1v) is 6.94. The van der Waals surface area contributed by atoms with Crippen molar-refractivity contribution in [3.63, 3.8) is 0 Å². The number of hydrogen-bond donors (Lipinski definition) is 0. The van der Waals surface area contributed by atoms with Crippen LogP contribution in [0.2, 0.25) is 0 Å². The van der Waals surface area contributed by atoms with Gasteiger partial charge in [0.15, 0.2) is 5.82 Å². The Bertz CT molecular complexity index is 415. The van der Waals surface area contributed by atoms with Crippen LogP contribution in [0.1, 0.15) is 44.8 Å². The van der Waals surface area contributed by atoms with Crippen molar-refractivity contribution in [2.24, 2.45) is 0 Å². The number of hydrogen-bond acceptors (Lipinski definition) is 6. The number of carbonyl (C=O) groups is 1. The fourth-order valence-electron chi connectivity index (χ4n) is 1.98. The summed E-state index contributed by atoms with van der Waals surface area (Å²) in [6.45, 7) is 5.13. The molecule has 0 atom stereocenters. The van der Waals surface area contributed by atoms with Gasteiger partial charge in [0, 0.05) is 12.5 Å². The highest BCUT2D eigenvalue weighted by Crippen LogP contribution is 2.27. The van der Waals surface area contributed by atoms with E-state index in [4.69, 9.17) is 9.26 Å². The minimum atomic E-state index is -0.192. The van der Waals surface area contributed by atoms with Gasteiger partial charge < -0.3 is 9.26 Å². The molecule has 0 N–H and O–H groups in total. The molecule has 19 heavy (non-hydrogen) atoms. The second-order valence-corrected chi connectivity index (χ2v) is 4.80. The molecule has 1 aliphatic rings. The molecule has 1 aromatic rings. The third-order valence-electron chi connectivity index (χ3n) is 3.02. The van der Waals surface area contributed by atoms with Gasteiger partial charge in [0.1, 0.15) is 0 Å². The van der Waals surface area contributed by atoms with Crippen LogP contribution in [0, 0.1) is 0 Å². The Hall–Kier alpha value is -1.43. The highest BCUT2D eigenvalue weighted by atomic mass is 16.5. The monoisotopic (exact) mass is 267 g/mol. The third-order valence-corrected chi connectivity index (χ3v) is 3.02. The molecule has 0 spiro atoms. The lowest BCUT2D eigenvalue weighted by Crippen LogP contribution is -2.32. The summed E-state index contributed by atoms with van der Waals surface area (Å²) in [5.41, 5.74) is 0. The zero-order chi connectivity index (χ0) is 13.7. The zero-order valence-electron chi connectivity index (χ0n) is 11.6. The first-order chi connectivity index (χ1) is 9.22. The summed E-state index contributed by atoms with van der Waals surface area (Å²) < 4.78 is 10.2. The molecule has 106 valence electrons. The highest BCUT2D eigenvalue weighted by molar-refractivity contribution is 5.71. The lowest BCUT2D eigenvalue weighted by atomic mass is 10.3. The van der Waals surface area contributed by atoms with E-state index in [0.717, 1.165) is 31.5 Å². The maximum absolute atomic E-state index is 11.6. The van der Waals surface area contributed by atoms with E-state index in [9.17, 15) is 4.79 Å². The van der Waals surface area contributed by atoms with Crippen molar-refractivity contribution in [2.75, 3.05) is 13.2 Å². The molecule has 6 heteroatoms. The summed E-state index contributed by atoms with van der Waals surface area (Å²) in [6.07, 6.45) is 4.06. The Morgan fingerprint density at radius 1 is 1.47 bits per heavy atom. The van der Waals surface area contributed by atoms with Crippen LogP contribution in [0.15, 0.2) is 4.52 Å². The van der Waals surface area contributed by atoms with Crippen molar-refractivity contribution < 1.29 is 14.1 Å². The fourth-order valence-corrected chi connectivity index (χ4v) is 1.98. The molecule has 0 aromatic carbocycles. The van der Waals surface area contributed by atoms with Crippen LogP contribution in [0.25, 0.3) is 0 Å². The van der Waals surface area contributed by atoms with Crippen molar-refractivity contribution in [1.29, 1.82) is 0 Å². The molecular weight excluding hydrogens is 246 g/mol. The van der Waals surface area contributed by atoms with Gasteiger partial charge in [-0.3, -0.25) is 9.69 Å². The molecule has 0 aliphatic heterocycles. The van der Waals surface area contributed by atoms with Gasteiger partial charge in [-0.1, -0.05) is 12.1 Å². The average molecular weight is 267 g/mol. The Labute approximate surface area is 113 Å². The van der Waals surface area contributed by atoms with E-state index < -0.39 is 0 Å². The van der Waals surface area contributed by atoms with Crippen molar-refractivity contribution in [2.45, 2.75) is 52.1 Å². The molecule has 1 aliphatic carbocycles. The van der Waals surface area contributed by atoms with E-state index in [2.05, 4.69) is 22.0 Å². The Morgan fingerprint density at radius 3 is 2.89 bits per heavy atom. The third kappa shape index (κ3) is 4.31. The molecule has 6 nitrogen and oxygen atoms in total. The first kappa shape index (κ1) is 14.0. The minimum Gasteiger partial charge on any atom is -0.465 e. The first-order valence-electron chi connectivity index (χ1n) is 6.94. The van der Waals surface area contributed by atoms with E-state index in [-0.39, 0.29) is 5.97 Å². The number of aryl methyl sites for hydroxylation is 1. The summed E-state index contributed by atoms with van der Waals surface area (Å²) in [6, 6.07) is 0.450. The molecule has 1 heterocycles. The number of aromatic nitrogens is 2. The van der Waals surface area contributed by atoms with Gasteiger partial charge in [0.05, 0.1) is 19.7 Å². The van der Waals surface area contributed by atoms with E-state index in [1.807, 2.05) is 6.92 Å². The lowest BCUT2D eigenvalue weighted by Gasteiger charge is -2.18. The highest BCUT2D eigenvalue weighted by Gasteiger charge is 2.31. The van der Waals surface area contributed by atoms with Gasteiger partial charge in [-0.2, -0.15) is 4.98 Å². The molecule has 0 bridgehead atoms. The van der Waals surface area contributed by atoms with Gasteiger partial charge in [-0.15, -0.1) is 0 Å². The van der Waals surface area contributed by atoms with Crippen LogP contribution < -0.4 is 0 Å². The molecule has 0 radical (unpaired) electrons. The minimum absolute atomic E-state index is 0.192. The second kappa shape index (κ2) is 6.65. The molecular formula is C13H21N3O3. The molecule has 1 aromatic heterocycles.